The molecule has 20 heavy (non-hydrogen) atoms. The van der Waals surface area contributed by atoms with Crippen LogP contribution >= 0.6 is 0 Å². The summed E-state index contributed by atoms with van der Waals surface area (Å²) in [5.74, 6) is 1.80. The zero-order valence-corrected chi connectivity index (χ0v) is 15.0. The first-order chi connectivity index (χ1) is 9.35. The van der Waals surface area contributed by atoms with Gasteiger partial charge in [0.15, 0.2) is 0 Å². The topological polar surface area (TPSA) is 12.0 Å². The molecule has 1 aliphatic rings. The molecule has 0 spiro atoms. The van der Waals surface area contributed by atoms with Gasteiger partial charge in [-0.1, -0.05) is 54.4 Å². The summed E-state index contributed by atoms with van der Waals surface area (Å²) in [5.41, 5.74) is 1.07. The first kappa shape index (κ1) is 18.0. The van der Waals surface area contributed by atoms with E-state index in [4.69, 9.17) is 0 Å². The van der Waals surface area contributed by atoms with E-state index in [1.807, 2.05) is 0 Å². The van der Waals surface area contributed by atoms with Crippen LogP contribution in [0, 0.1) is 22.7 Å². The van der Waals surface area contributed by atoms with E-state index in [2.05, 4.69) is 46.9 Å². The maximum absolute atomic E-state index is 3.74. The molecule has 0 amide bonds. The highest BCUT2D eigenvalue weighted by Gasteiger charge is 2.41. The minimum atomic E-state index is 0.497. The largest absolute Gasteiger partial charge is 0.316 e. The van der Waals surface area contributed by atoms with Crippen LogP contribution in [0.1, 0.15) is 86.5 Å². The first-order valence-corrected chi connectivity index (χ1v) is 9.06. The summed E-state index contributed by atoms with van der Waals surface area (Å²) in [7, 11) is 0. The fourth-order valence-corrected chi connectivity index (χ4v) is 4.16. The third-order valence-corrected chi connectivity index (χ3v) is 5.88. The summed E-state index contributed by atoms with van der Waals surface area (Å²) < 4.78 is 0. The van der Waals surface area contributed by atoms with E-state index >= 15 is 0 Å². The lowest BCUT2D eigenvalue weighted by Crippen LogP contribution is -2.44. The fourth-order valence-electron chi connectivity index (χ4n) is 4.16. The van der Waals surface area contributed by atoms with Crippen LogP contribution in [0.4, 0.5) is 0 Å². The van der Waals surface area contributed by atoms with Crippen LogP contribution in [0.25, 0.3) is 0 Å². The molecule has 0 aromatic rings. The normalized spacial score (nSPS) is 29.4. The van der Waals surface area contributed by atoms with Gasteiger partial charge in [0, 0.05) is 6.54 Å². The van der Waals surface area contributed by atoms with Crippen molar-refractivity contribution in [2.75, 3.05) is 13.1 Å². The van der Waals surface area contributed by atoms with Crippen LogP contribution in [-0.2, 0) is 0 Å². The van der Waals surface area contributed by atoms with E-state index in [1.54, 1.807) is 0 Å². The van der Waals surface area contributed by atoms with Crippen molar-refractivity contribution >= 4 is 0 Å². The molecule has 1 nitrogen and oxygen atoms in total. The molecule has 1 heteroatoms. The van der Waals surface area contributed by atoms with Crippen molar-refractivity contribution in [3.8, 4) is 0 Å². The number of hydrogen-bond acceptors (Lipinski definition) is 1. The van der Waals surface area contributed by atoms with E-state index in [1.165, 1.54) is 58.0 Å². The highest BCUT2D eigenvalue weighted by molar-refractivity contribution is 4.93. The SMILES string of the molecule is CCCNCC1(C(C)CCC)CCC(C(C)(C)C)CC1. The minimum Gasteiger partial charge on any atom is -0.316 e. The van der Waals surface area contributed by atoms with Crippen LogP contribution < -0.4 is 5.32 Å². The molecule has 0 bridgehead atoms. The summed E-state index contributed by atoms with van der Waals surface area (Å²) in [4.78, 5) is 0. The predicted molar refractivity (Wildman–Crippen MR) is 91.1 cm³/mol. The van der Waals surface area contributed by atoms with Gasteiger partial charge < -0.3 is 5.32 Å². The Morgan fingerprint density at radius 3 is 2.15 bits per heavy atom. The van der Waals surface area contributed by atoms with E-state index in [9.17, 15) is 0 Å². The second kappa shape index (κ2) is 7.82. The van der Waals surface area contributed by atoms with Crippen LogP contribution in [0.2, 0.25) is 0 Å². The van der Waals surface area contributed by atoms with E-state index in [0.717, 1.165) is 11.8 Å². The lowest BCUT2D eigenvalue weighted by Gasteiger charge is -2.47. The number of nitrogens with one attached hydrogen (secondary N) is 1. The lowest BCUT2D eigenvalue weighted by molar-refractivity contribution is 0.0415. The van der Waals surface area contributed by atoms with Crippen molar-refractivity contribution in [1.29, 1.82) is 0 Å². The smallest absolute Gasteiger partial charge is 0.00104 e. The minimum absolute atomic E-state index is 0.497. The zero-order chi connectivity index (χ0) is 15.2. The monoisotopic (exact) mass is 281 g/mol. The molecule has 0 aromatic carbocycles. The van der Waals surface area contributed by atoms with Crippen molar-refractivity contribution in [3.63, 3.8) is 0 Å². The second-order valence-corrected chi connectivity index (χ2v) is 8.37. The number of rotatable bonds is 7. The molecule has 1 fully saturated rings. The summed E-state index contributed by atoms with van der Waals surface area (Å²) in [6.45, 7) is 16.8. The highest BCUT2D eigenvalue weighted by atomic mass is 14.9. The molecule has 1 aliphatic carbocycles. The maximum Gasteiger partial charge on any atom is 0.00104 e. The Labute approximate surface area is 128 Å². The van der Waals surface area contributed by atoms with Crippen molar-refractivity contribution in [2.24, 2.45) is 22.7 Å². The molecule has 0 aromatic heterocycles. The molecule has 1 N–H and O–H groups in total. The summed E-state index contributed by atoms with van der Waals surface area (Å²) in [5, 5.41) is 3.74. The highest BCUT2D eigenvalue weighted by Crippen LogP contribution is 2.49. The van der Waals surface area contributed by atoms with E-state index in [0.29, 0.717) is 10.8 Å². The van der Waals surface area contributed by atoms with Gasteiger partial charge in [0.25, 0.3) is 0 Å². The Morgan fingerprint density at radius 1 is 1.10 bits per heavy atom. The van der Waals surface area contributed by atoms with Gasteiger partial charge in [-0.2, -0.15) is 0 Å². The van der Waals surface area contributed by atoms with E-state index in [-0.39, 0.29) is 0 Å². The average Bonchev–Trinajstić information content (AvgIpc) is 2.39. The van der Waals surface area contributed by atoms with Gasteiger partial charge in [0.05, 0.1) is 0 Å². The van der Waals surface area contributed by atoms with Gasteiger partial charge in [0.2, 0.25) is 0 Å². The Hall–Kier alpha value is -0.0400. The van der Waals surface area contributed by atoms with Gasteiger partial charge in [-0.3, -0.25) is 0 Å². The predicted octanol–water partition coefficient (Wildman–Crippen LogP) is 5.64. The molecule has 120 valence electrons. The van der Waals surface area contributed by atoms with Crippen molar-refractivity contribution in [2.45, 2.75) is 86.5 Å². The van der Waals surface area contributed by atoms with Gasteiger partial charge in [-0.05, 0) is 61.3 Å². The molecule has 0 aliphatic heterocycles. The van der Waals surface area contributed by atoms with E-state index < -0.39 is 0 Å². The summed E-state index contributed by atoms with van der Waals surface area (Å²) in [6, 6.07) is 0. The van der Waals surface area contributed by atoms with Gasteiger partial charge in [-0.15, -0.1) is 0 Å². The fraction of sp³-hybridized carbons (Fsp3) is 1.00. The molecule has 0 saturated heterocycles. The standard InChI is InChI=1S/C19H39N/c1-7-9-16(3)19(15-20-14-8-2)12-10-17(11-13-19)18(4,5)6/h16-17,20H,7-15H2,1-6H3. The van der Waals surface area contributed by atoms with Crippen LogP contribution in [0.15, 0.2) is 0 Å². The van der Waals surface area contributed by atoms with Crippen molar-refractivity contribution in [3.05, 3.63) is 0 Å². The second-order valence-electron chi connectivity index (χ2n) is 8.37. The molecule has 1 saturated carbocycles. The molecule has 1 unspecified atom stereocenters. The van der Waals surface area contributed by atoms with Crippen LogP contribution in [0.3, 0.4) is 0 Å². The van der Waals surface area contributed by atoms with Crippen molar-refractivity contribution in [1.82, 2.24) is 5.32 Å². The van der Waals surface area contributed by atoms with Crippen LogP contribution in [0.5, 0.6) is 0 Å². The summed E-state index contributed by atoms with van der Waals surface area (Å²) >= 11 is 0. The first-order valence-electron chi connectivity index (χ1n) is 9.06. The third kappa shape index (κ3) is 4.76. The molecular formula is C19H39N. The lowest BCUT2D eigenvalue weighted by atomic mass is 9.59. The number of hydrogen-bond donors (Lipinski definition) is 1. The van der Waals surface area contributed by atoms with Crippen molar-refractivity contribution < 1.29 is 0 Å². The molecular weight excluding hydrogens is 242 g/mol. The molecule has 1 atom stereocenters. The molecule has 0 heterocycles. The molecule has 1 rings (SSSR count). The van der Waals surface area contributed by atoms with Gasteiger partial charge in [0.1, 0.15) is 0 Å². The Balaban J connectivity index is 2.66. The molecule has 0 radical (unpaired) electrons. The Morgan fingerprint density at radius 2 is 1.70 bits per heavy atom. The Kier molecular flexibility index (Phi) is 7.04. The third-order valence-electron chi connectivity index (χ3n) is 5.88. The Bertz CT molecular complexity index is 255. The quantitative estimate of drug-likeness (QED) is 0.595. The van der Waals surface area contributed by atoms with Gasteiger partial charge in [-0.25, -0.2) is 0 Å². The zero-order valence-electron chi connectivity index (χ0n) is 15.0. The van der Waals surface area contributed by atoms with Gasteiger partial charge >= 0.3 is 0 Å². The summed E-state index contributed by atoms with van der Waals surface area (Å²) in [6.07, 6.45) is 9.73. The maximum atomic E-state index is 3.74. The van der Waals surface area contributed by atoms with Crippen LogP contribution in [-0.4, -0.2) is 13.1 Å². The average molecular weight is 282 g/mol.